The predicted octanol–water partition coefficient (Wildman–Crippen LogP) is 4.96. The maximum Gasteiger partial charge on any atom is 0.573 e. The molecule has 1 aliphatic carbocycles. The number of piperazine rings is 1. The highest BCUT2D eigenvalue weighted by Gasteiger charge is 2.41. The third-order valence-electron chi connectivity index (χ3n) is 7.29. The lowest BCUT2D eigenvalue weighted by Gasteiger charge is -2.39. The Morgan fingerprint density at radius 3 is 2.13 bits per heavy atom. The lowest BCUT2D eigenvalue weighted by Crippen LogP contribution is -2.60. The zero-order valence-electron chi connectivity index (χ0n) is 24.0. The van der Waals surface area contributed by atoms with Gasteiger partial charge < -0.3 is 19.7 Å². The maximum atomic E-state index is 13.7. The van der Waals surface area contributed by atoms with Gasteiger partial charge in [-0.3, -0.25) is 4.79 Å². The number of thiazole rings is 1. The van der Waals surface area contributed by atoms with Crippen LogP contribution in [0.25, 0.3) is 10.3 Å². The summed E-state index contributed by atoms with van der Waals surface area (Å²) in [5.41, 5.74) is 0.892. The molecular weight excluding hydrogens is 678 g/mol. The summed E-state index contributed by atoms with van der Waals surface area (Å²) in [5, 5.41) is 3.12. The Balaban J connectivity index is 1.23. The molecule has 3 heterocycles. The van der Waals surface area contributed by atoms with E-state index in [1.807, 2.05) is 0 Å². The second-order valence-corrected chi connectivity index (χ2v) is 13.6. The number of alkyl halides is 6. The molecule has 11 nitrogen and oxygen atoms in total. The Hall–Kier alpha value is -4.23. The number of benzene rings is 2. The molecule has 0 unspecified atom stereocenters. The van der Waals surface area contributed by atoms with Crippen LogP contribution >= 0.6 is 11.3 Å². The topological polar surface area (TPSA) is 127 Å². The fourth-order valence-electron chi connectivity index (χ4n) is 4.92. The first kappa shape index (κ1) is 32.7. The summed E-state index contributed by atoms with van der Waals surface area (Å²) >= 11 is 1.28. The SMILES string of the molecule is O=C(NCc1ccc(OC(F)(F)F)cc1)[C@H]1CN(c2nc3nc(C4CC4)ncc3s2)CCN1S(=O)(=O)c1ccc(OC(F)(F)F)cc1. The number of fused-ring (bicyclic) bond motifs is 1. The highest BCUT2D eigenvalue weighted by molar-refractivity contribution is 7.89. The summed E-state index contributed by atoms with van der Waals surface area (Å²) in [5.74, 6) is -0.793. The predicted molar refractivity (Wildman–Crippen MR) is 155 cm³/mol. The minimum Gasteiger partial charge on any atom is -0.406 e. The average molecular weight is 703 g/mol. The van der Waals surface area contributed by atoms with E-state index in [9.17, 15) is 39.6 Å². The Morgan fingerprint density at radius 2 is 1.53 bits per heavy atom. The molecule has 250 valence electrons. The van der Waals surface area contributed by atoms with E-state index in [0.717, 1.165) is 53.5 Å². The standard InChI is InChI=1S/C28H24F6N6O5S2/c29-27(30,31)44-18-5-1-16(2-6-18)13-36-25(41)21-15-39(26-38-24-22(46-26)14-35-23(37-24)17-3-4-17)11-12-40(21)47(42,43)20-9-7-19(8-10-20)45-28(32,33)34/h1-2,5-10,14,17,21H,3-4,11-13,15H2,(H,36,41)/t21-/m1/s1. The van der Waals surface area contributed by atoms with Gasteiger partial charge in [0, 0.05) is 32.1 Å². The number of carbonyl (C=O) groups excluding carboxylic acids is 1. The van der Waals surface area contributed by atoms with Gasteiger partial charge in [-0.25, -0.2) is 18.4 Å². The van der Waals surface area contributed by atoms with Crippen LogP contribution in [0.15, 0.2) is 59.6 Å². The summed E-state index contributed by atoms with van der Waals surface area (Å²) in [4.78, 5) is 28.5. The average Bonchev–Trinajstić information content (AvgIpc) is 3.77. The maximum absolute atomic E-state index is 13.7. The van der Waals surface area contributed by atoms with Crippen LogP contribution in [0.4, 0.5) is 31.5 Å². The molecule has 0 radical (unpaired) electrons. The number of amides is 1. The van der Waals surface area contributed by atoms with Gasteiger partial charge in [-0.05, 0) is 54.8 Å². The minimum atomic E-state index is -4.97. The summed E-state index contributed by atoms with van der Waals surface area (Å²) in [6.07, 6.45) is -6.17. The Bertz CT molecular complexity index is 1870. The number of anilines is 1. The molecule has 2 fully saturated rings. The molecule has 0 bridgehead atoms. The van der Waals surface area contributed by atoms with Crippen LogP contribution in [0.2, 0.25) is 0 Å². The van der Waals surface area contributed by atoms with Crippen molar-refractivity contribution in [2.45, 2.75) is 49.0 Å². The number of carbonyl (C=O) groups is 1. The van der Waals surface area contributed by atoms with Crippen molar-refractivity contribution >= 4 is 42.7 Å². The number of nitrogens with zero attached hydrogens (tertiary/aromatic N) is 5. The van der Waals surface area contributed by atoms with Crippen molar-refractivity contribution in [2.75, 3.05) is 24.5 Å². The van der Waals surface area contributed by atoms with Crippen LogP contribution in [-0.4, -0.2) is 72.0 Å². The van der Waals surface area contributed by atoms with Gasteiger partial charge >= 0.3 is 12.7 Å². The summed E-state index contributed by atoms with van der Waals surface area (Å²) < 4.78 is 112. The van der Waals surface area contributed by atoms with Gasteiger partial charge in [0.25, 0.3) is 0 Å². The van der Waals surface area contributed by atoms with Crippen LogP contribution in [0.5, 0.6) is 11.5 Å². The van der Waals surface area contributed by atoms with E-state index < -0.39 is 46.2 Å². The second kappa shape index (κ2) is 12.4. The van der Waals surface area contributed by atoms with Crippen molar-refractivity contribution in [3.63, 3.8) is 0 Å². The molecule has 1 amide bonds. The molecule has 19 heteroatoms. The van der Waals surface area contributed by atoms with E-state index in [1.165, 1.54) is 23.5 Å². The normalized spacial score (nSPS) is 17.9. The quantitative estimate of drug-likeness (QED) is 0.241. The van der Waals surface area contributed by atoms with Crippen molar-refractivity contribution in [3.8, 4) is 11.5 Å². The summed E-state index contributed by atoms with van der Waals surface area (Å²) in [6.45, 7) is -0.345. The molecule has 1 saturated heterocycles. The Labute approximate surface area is 267 Å². The van der Waals surface area contributed by atoms with Crippen LogP contribution < -0.4 is 19.7 Å². The molecule has 1 N–H and O–H groups in total. The molecular formula is C28H24F6N6O5S2. The van der Waals surface area contributed by atoms with Gasteiger partial charge in [-0.15, -0.1) is 26.3 Å². The lowest BCUT2D eigenvalue weighted by atomic mass is 10.1. The molecule has 0 spiro atoms. The van der Waals surface area contributed by atoms with Gasteiger partial charge in [0.05, 0.1) is 15.8 Å². The molecule has 47 heavy (non-hydrogen) atoms. The van der Waals surface area contributed by atoms with E-state index in [1.54, 1.807) is 11.1 Å². The van der Waals surface area contributed by atoms with E-state index >= 15 is 0 Å². The fourth-order valence-corrected chi connectivity index (χ4v) is 7.40. The van der Waals surface area contributed by atoms with Gasteiger partial charge in [-0.1, -0.05) is 23.5 Å². The van der Waals surface area contributed by atoms with Crippen LogP contribution in [0.3, 0.4) is 0 Å². The Morgan fingerprint density at radius 1 is 0.915 bits per heavy atom. The molecule has 1 saturated carbocycles. The smallest absolute Gasteiger partial charge is 0.406 e. The zero-order chi connectivity index (χ0) is 33.6. The molecule has 2 aliphatic rings. The first-order valence-corrected chi connectivity index (χ1v) is 16.3. The van der Waals surface area contributed by atoms with E-state index in [-0.39, 0.29) is 31.1 Å². The number of sulfonamides is 1. The highest BCUT2D eigenvalue weighted by Crippen LogP contribution is 2.39. The number of aromatic nitrogens is 3. The number of hydrogen-bond donors (Lipinski definition) is 1. The van der Waals surface area contributed by atoms with Crippen molar-refractivity contribution < 1.29 is 49.0 Å². The van der Waals surface area contributed by atoms with Gasteiger partial charge in [-0.2, -0.15) is 9.29 Å². The summed E-state index contributed by atoms with van der Waals surface area (Å²) in [7, 11) is -4.41. The van der Waals surface area contributed by atoms with Crippen molar-refractivity contribution in [1.82, 2.24) is 24.6 Å². The molecule has 6 rings (SSSR count). The van der Waals surface area contributed by atoms with Gasteiger partial charge in [0.15, 0.2) is 10.8 Å². The van der Waals surface area contributed by atoms with E-state index in [0.29, 0.717) is 32.8 Å². The highest BCUT2D eigenvalue weighted by atomic mass is 32.2. The Kier molecular flexibility index (Phi) is 8.64. The molecule has 4 aromatic rings. The van der Waals surface area contributed by atoms with E-state index in [2.05, 4.69) is 29.7 Å². The molecule has 2 aromatic carbocycles. The van der Waals surface area contributed by atoms with Gasteiger partial charge in [0.2, 0.25) is 15.9 Å². The first-order valence-electron chi connectivity index (χ1n) is 14.0. The summed E-state index contributed by atoms with van der Waals surface area (Å²) in [6, 6.07) is 7.06. The van der Waals surface area contributed by atoms with Crippen LogP contribution in [0.1, 0.15) is 30.1 Å². The number of halogens is 6. The molecule has 1 atom stereocenters. The fraction of sp³-hybridized carbons (Fsp3) is 0.357. The lowest BCUT2D eigenvalue weighted by molar-refractivity contribution is -0.275. The molecule has 1 aliphatic heterocycles. The number of hydrogen-bond acceptors (Lipinski definition) is 10. The van der Waals surface area contributed by atoms with E-state index in [4.69, 9.17) is 0 Å². The zero-order valence-corrected chi connectivity index (χ0v) is 25.6. The number of nitrogens with one attached hydrogen (secondary N) is 1. The van der Waals surface area contributed by atoms with Gasteiger partial charge in [0.1, 0.15) is 23.4 Å². The number of rotatable bonds is 9. The number of ether oxygens (including phenoxy) is 2. The van der Waals surface area contributed by atoms with Crippen molar-refractivity contribution in [1.29, 1.82) is 0 Å². The first-order chi connectivity index (χ1) is 22.1. The third kappa shape index (κ3) is 7.84. The van der Waals surface area contributed by atoms with Crippen LogP contribution in [0, 0.1) is 0 Å². The van der Waals surface area contributed by atoms with Crippen molar-refractivity contribution in [2.24, 2.45) is 0 Å². The van der Waals surface area contributed by atoms with Crippen molar-refractivity contribution in [3.05, 3.63) is 66.1 Å². The van der Waals surface area contributed by atoms with Crippen LogP contribution in [-0.2, 0) is 21.4 Å². The monoisotopic (exact) mass is 702 g/mol. The molecule has 2 aromatic heterocycles. The largest absolute Gasteiger partial charge is 0.573 e. The second-order valence-electron chi connectivity index (χ2n) is 10.7. The minimum absolute atomic E-state index is 0.127. The third-order valence-corrected chi connectivity index (χ3v) is 10.3.